The zero-order valence-electron chi connectivity index (χ0n) is 9.66. The molecule has 1 saturated heterocycles. The van der Waals surface area contributed by atoms with E-state index >= 15 is 0 Å². The van der Waals surface area contributed by atoms with Crippen LogP contribution in [-0.4, -0.2) is 34.6 Å². The van der Waals surface area contributed by atoms with Crippen molar-refractivity contribution in [1.82, 2.24) is 5.32 Å². The molecule has 15 heavy (non-hydrogen) atoms. The topological polar surface area (TPSA) is 12.0 Å². The van der Waals surface area contributed by atoms with Crippen LogP contribution in [0.2, 0.25) is 0 Å². The van der Waals surface area contributed by atoms with Crippen LogP contribution in [0.4, 0.5) is 0 Å². The molecule has 0 aromatic heterocycles. The monoisotopic (exact) mass is 243 g/mol. The molecule has 3 atom stereocenters. The molecule has 0 aromatic rings. The predicted molar refractivity (Wildman–Crippen MR) is 73.7 cm³/mol. The molecular formula is C12H21NS2. The van der Waals surface area contributed by atoms with Gasteiger partial charge in [0.05, 0.1) is 0 Å². The van der Waals surface area contributed by atoms with Crippen LogP contribution >= 0.6 is 23.5 Å². The maximum atomic E-state index is 5.45. The van der Waals surface area contributed by atoms with E-state index in [0.717, 1.165) is 18.2 Å². The van der Waals surface area contributed by atoms with E-state index in [2.05, 4.69) is 48.6 Å². The summed E-state index contributed by atoms with van der Waals surface area (Å²) in [5.41, 5.74) is 0. The molecule has 3 heteroatoms. The predicted octanol–water partition coefficient (Wildman–Crippen LogP) is 2.62. The molecule has 1 aliphatic rings. The van der Waals surface area contributed by atoms with E-state index in [1.54, 1.807) is 0 Å². The maximum absolute atomic E-state index is 5.45. The first-order chi connectivity index (χ1) is 7.29. The molecule has 3 unspecified atom stereocenters. The average Bonchev–Trinajstić information content (AvgIpc) is 2.25. The molecule has 0 aromatic carbocycles. The van der Waals surface area contributed by atoms with E-state index < -0.39 is 0 Å². The van der Waals surface area contributed by atoms with Crippen molar-refractivity contribution in [2.24, 2.45) is 0 Å². The zero-order valence-corrected chi connectivity index (χ0v) is 11.3. The highest BCUT2D eigenvalue weighted by atomic mass is 32.2. The van der Waals surface area contributed by atoms with Crippen LogP contribution in [0.5, 0.6) is 0 Å². The van der Waals surface area contributed by atoms with Crippen molar-refractivity contribution < 1.29 is 0 Å². The number of hydrogen-bond acceptors (Lipinski definition) is 3. The SMILES string of the molecule is C#CCC(NCCC)C1SCCSC1C. The van der Waals surface area contributed by atoms with E-state index in [1.807, 2.05) is 0 Å². The fourth-order valence-corrected chi connectivity index (χ4v) is 4.81. The number of terminal acetylenes is 1. The third-order valence-electron chi connectivity index (χ3n) is 2.63. The Hall–Kier alpha value is 0.220. The Bertz CT molecular complexity index is 212. The normalized spacial score (nSPS) is 28.3. The minimum absolute atomic E-state index is 0.503. The van der Waals surface area contributed by atoms with Gasteiger partial charge in [-0.1, -0.05) is 13.8 Å². The molecule has 0 spiro atoms. The minimum atomic E-state index is 0.503. The summed E-state index contributed by atoms with van der Waals surface area (Å²) >= 11 is 4.18. The lowest BCUT2D eigenvalue weighted by atomic mass is 10.1. The summed E-state index contributed by atoms with van der Waals surface area (Å²) in [6.45, 7) is 5.62. The second-order valence-electron chi connectivity index (χ2n) is 3.88. The average molecular weight is 243 g/mol. The van der Waals surface area contributed by atoms with Gasteiger partial charge in [0.25, 0.3) is 0 Å². The Kier molecular flexibility index (Phi) is 6.63. The molecule has 1 fully saturated rings. The van der Waals surface area contributed by atoms with Crippen molar-refractivity contribution in [2.45, 2.75) is 43.2 Å². The zero-order chi connectivity index (χ0) is 11.1. The van der Waals surface area contributed by atoms with Gasteiger partial charge in [-0.15, -0.1) is 12.3 Å². The molecule has 1 aliphatic heterocycles. The van der Waals surface area contributed by atoms with Gasteiger partial charge in [0.2, 0.25) is 0 Å². The van der Waals surface area contributed by atoms with Crippen LogP contribution < -0.4 is 5.32 Å². The smallest absolute Gasteiger partial charge is 0.0326 e. The van der Waals surface area contributed by atoms with Gasteiger partial charge in [0.1, 0.15) is 0 Å². The molecule has 1 N–H and O–H groups in total. The number of hydrogen-bond donors (Lipinski definition) is 1. The van der Waals surface area contributed by atoms with Crippen LogP contribution in [0.3, 0.4) is 0 Å². The fraction of sp³-hybridized carbons (Fsp3) is 0.833. The summed E-state index contributed by atoms with van der Waals surface area (Å²) < 4.78 is 0. The minimum Gasteiger partial charge on any atom is -0.312 e. The molecule has 0 aliphatic carbocycles. The summed E-state index contributed by atoms with van der Waals surface area (Å²) in [5.74, 6) is 5.37. The van der Waals surface area contributed by atoms with Gasteiger partial charge in [-0.05, 0) is 13.0 Å². The fourth-order valence-electron chi connectivity index (χ4n) is 1.85. The Morgan fingerprint density at radius 3 is 2.80 bits per heavy atom. The number of rotatable bonds is 5. The van der Waals surface area contributed by atoms with Crippen LogP contribution in [0, 0.1) is 12.3 Å². The lowest BCUT2D eigenvalue weighted by Gasteiger charge is -2.34. The molecule has 86 valence electrons. The third kappa shape index (κ3) is 4.30. The van der Waals surface area contributed by atoms with Gasteiger partial charge in [0, 0.05) is 34.5 Å². The van der Waals surface area contributed by atoms with Crippen molar-refractivity contribution in [3.05, 3.63) is 0 Å². The van der Waals surface area contributed by atoms with Gasteiger partial charge >= 0.3 is 0 Å². The second kappa shape index (κ2) is 7.49. The number of nitrogens with one attached hydrogen (secondary N) is 1. The molecular weight excluding hydrogens is 222 g/mol. The Labute approximate surface area is 103 Å². The Balaban J connectivity index is 2.48. The van der Waals surface area contributed by atoms with Crippen LogP contribution in [0.25, 0.3) is 0 Å². The van der Waals surface area contributed by atoms with Gasteiger partial charge in [-0.3, -0.25) is 0 Å². The molecule has 1 rings (SSSR count). The van der Waals surface area contributed by atoms with E-state index in [-0.39, 0.29) is 0 Å². The molecule has 0 amide bonds. The summed E-state index contributed by atoms with van der Waals surface area (Å²) in [5, 5.41) is 5.01. The first-order valence-corrected chi connectivity index (χ1v) is 7.79. The highest BCUT2D eigenvalue weighted by Crippen LogP contribution is 2.33. The second-order valence-corrected chi connectivity index (χ2v) is 6.65. The lowest BCUT2D eigenvalue weighted by Crippen LogP contribution is -2.44. The quantitative estimate of drug-likeness (QED) is 0.746. The first-order valence-electron chi connectivity index (χ1n) is 5.69. The van der Waals surface area contributed by atoms with Crippen molar-refractivity contribution in [3.8, 4) is 12.3 Å². The standard InChI is InChI=1S/C12H21NS2/c1-4-6-11(13-7-5-2)12-10(3)14-8-9-15-12/h1,10-13H,5-9H2,2-3H3. The highest BCUT2D eigenvalue weighted by molar-refractivity contribution is 8.07. The lowest BCUT2D eigenvalue weighted by molar-refractivity contribution is 0.498. The van der Waals surface area contributed by atoms with E-state index in [4.69, 9.17) is 6.42 Å². The van der Waals surface area contributed by atoms with E-state index in [0.29, 0.717) is 11.3 Å². The summed E-state index contributed by atoms with van der Waals surface area (Å²) in [4.78, 5) is 0. The Morgan fingerprint density at radius 1 is 1.47 bits per heavy atom. The molecule has 1 heterocycles. The molecule has 0 bridgehead atoms. The third-order valence-corrected chi connectivity index (χ3v) is 5.88. The number of thioether (sulfide) groups is 2. The van der Waals surface area contributed by atoms with Crippen LogP contribution in [-0.2, 0) is 0 Å². The molecule has 0 saturated carbocycles. The Morgan fingerprint density at radius 2 is 2.20 bits per heavy atom. The highest BCUT2D eigenvalue weighted by Gasteiger charge is 2.29. The molecule has 0 radical (unpaired) electrons. The van der Waals surface area contributed by atoms with Crippen molar-refractivity contribution >= 4 is 23.5 Å². The van der Waals surface area contributed by atoms with E-state index in [9.17, 15) is 0 Å². The van der Waals surface area contributed by atoms with Gasteiger partial charge in [-0.25, -0.2) is 0 Å². The van der Waals surface area contributed by atoms with E-state index in [1.165, 1.54) is 17.9 Å². The van der Waals surface area contributed by atoms with Crippen LogP contribution in [0.15, 0.2) is 0 Å². The summed E-state index contributed by atoms with van der Waals surface area (Å²) in [7, 11) is 0. The first kappa shape index (κ1) is 13.3. The van der Waals surface area contributed by atoms with Crippen molar-refractivity contribution in [3.63, 3.8) is 0 Å². The van der Waals surface area contributed by atoms with Gasteiger partial charge in [0.15, 0.2) is 0 Å². The largest absolute Gasteiger partial charge is 0.312 e. The van der Waals surface area contributed by atoms with Gasteiger partial charge < -0.3 is 5.32 Å². The summed E-state index contributed by atoms with van der Waals surface area (Å²) in [6.07, 6.45) is 7.49. The van der Waals surface area contributed by atoms with Crippen molar-refractivity contribution in [1.29, 1.82) is 0 Å². The molecule has 1 nitrogen and oxygen atoms in total. The van der Waals surface area contributed by atoms with Crippen molar-refractivity contribution in [2.75, 3.05) is 18.1 Å². The summed E-state index contributed by atoms with van der Waals surface area (Å²) in [6, 6.07) is 0.503. The maximum Gasteiger partial charge on any atom is 0.0326 e. The van der Waals surface area contributed by atoms with Gasteiger partial charge in [-0.2, -0.15) is 23.5 Å². The van der Waals surface area contributed by atoms with Crippen LogP contribution in [0.1, 0.15) is 26.7 Å².